The lowest BCUT2D eigenvalue weighted by molar-refractivity contribution is -0.115. The Kier molecular flexibility index (Phi) is 5.17. The number of nitrogens with zero attached hydrogens (tertiary/aromatic N) is 2. The molecule has 0 aliphatic heterocycles. The number of amides is 1. The molecule has 5 nitrogen and oxygen atoms in total. The quantitative estimate of drug-likeness (QED) is 0.781. The van der Waals surface area contributed by atoms with Gasteiger partial charge in [0.05, 0.1) is 5.25 Å². The van der Waals surface area contributed by atoms with Gasteiger partial charge in [0.15, 0.2) is 4.34 Å². The van der Waals surface area contributed by atoms with Crippen molar-refractivity contribution in [2.75, 3.05) is 17.2 Å². The third-order valence-electron chi connectivity index (χ3n) is 3.75. The van der Waals surface area contributed by atoms with Gasteiger partial charge in [-0.1, -0.05) is 29.2 Å². The number of carbonyl (C=O) groups excluding carboxylic acids is 1. The molecule has 1 aliphatic carbocycles. The van der Waals surface area contributed by atoms with Crippen molar-refractivity contribution >= 4 is 39.8 Å². The molecule has 0 saturated carbocycles. The molecule has 1 aromatic carbocycles. The zero-order valence-electron chi connectivity index (χ0n) is 13.3. The van der Waals surface area contributed by atoms with Gasteiger partial charge in [-0.05, 0) is 56.4 Å². The molecule has 1 amide bonds. The summed E-state index contributed by atoms with van der Waals surface area (Å²) in [6.07, 6.45) is 3.48. The van der Waals surface area contributed by atoms with Crippen LogP contribution in [0.4, 0.5) is 10.8 Å². The van der Waals surface area contributed by atoms with E-state index in [9.17, 15) is 4.79 Å². The van der Waals surface area contributed by atoms with Gasteiger partial charge in [0.1, 0.15) is 0 Å². The molecule has 0 unspecified atom stereocenters. The van der Waals surface area contributed by atoms with Gasteiger partial charge >= 0.3 is 0 Å². The first-order valence-electron chi connectivity index (χ1n) is 7.82. The molecule has 7 heteroatoms. The largest absolute Gasteiger partial charge is 0.360 e. The standard InChI is InChI=1S/C16H20N4OS2/c1-3-17-15-19-20-16(23-15)22-10(2)14(21)18-13-8-7-11-5-4-6-12(11)9-13/h7-10H,3-6H2,1-2H3,(H,17,19)(H,18,21)/t10-/m0/s1. The fourth-order valence-electron chi connectivity index (χ4n) is 2.58. The molecule has 1 heterocycles. The van der Waals surface area contributed by atoms with Crippen molar-refractivity contribution < 1.29 is 4.79 Å². The van der Waals surface area contributed by atoms with E-state index in [1.807, 2.05) is 19.9 Å². The van der Waals surface area contributed by atoms with Crippen LogP contribution in [0.2, 0.25) is 0 Å². The summed E-state index contributed by atoms with van der Waals surface area (Å²) >= 11 is 2.91. The average molecular weight is 348 g/mol. The van der Waals surface area contributed by atoms with Gasteiger partial charge in [-0.15, -0.1) is 10.2 Å². The number of thioether (sulfide) groups is 1. The second kappa shape index (κ2) is 7.31. The van der Waals surface area contributed by atoms with Crippen LogP contribution in [-0.2, 0) is 17.6 Å². The summed E-state index contributed by atoms with van der Waals surface area (Å²) < 4.78 is 0.803. The molecular formula is C16H20N4OS2. The van der Waals surface area contributed by atoms with E-state index >= 15 is 0 Å². The van der Waals surface area contributed by atoms with Crippen molar-refractivity contribution in [1.82, 2.24) is 10.2 Å². The van der Waals surface area contributed by atoms with Gasteiger partial charge in [0, 0.05) is 12.2 Å². The summed E-state index contributed by atoms with van der Waals surface area (Å²) in [5.41, 5.74) is 3.66. The Balaban J connectivity index is 1.58. The van der Waals surface area contributed by atoms with Crippen LogP contribution in [0.15, 0.2) is 22.5 Å². The highest BCUT2D eigenvalue weighted by Crippen LogP contribution is 2.30. The Morgan fingerprint density at radius 1 is 1.35 bits per heavy atom. The minimum Gasteiger partial charge on any atom is -0.360 e. The molecule has 1 atom stereocenters. The van der Waals surface area contributed by atoms with E-state index in [-0.39, 0.29) is 11.2 Å². The highest BCUT2D eigenvalue weighted by atomic mass is 32.2. The molecule has 0 saturated heterocycles. The summed E-state index contributed by atoms with van der Waals surface area (Å²) in [5, 5.41) is 14.9. The number of benzene rings is 1. The number of fused-ring (bicyclic) bond motifs is 1. The minimum absolute atomic E-state index is 0.00634. The predicted octanol–water partition coefficient (Wildman–Crippen LogP) is 3.58. The van der Waals surface area contributed by atoms with Crippen molar-refractivity contribution in [3.05, 3.63) is 29.3 Å². The molecule has 122 valence electrons. The lowest BCUT2D eigenvalue weighted by atomic mass is 10.1. The summed E-state index contributed by atoms with van der Waals surface area (Å²) in [6.45, 7) is 4.72. The van der Waals surface area contributed by atoms with E-state index in [1.54, 1.807) is 0 Å². The van der Waals surface area contributed by atoms with E-state index < -0.39 is 0 Å². The number of aromatic nitrogens is 2. The lowest BCUT2D eigenvalue weighted by Gasteiger charge is -2.11. The molecule has 3 rings (SSSR count). The van der Waals surface area contributed by atoms with Gasteiger partial charge in [-0.2, -0.15) is 0 Å². The lowest BCUT2D eigenvalue weighted by Crippen LogP contribution is -2.22. The zero-order chi connectivity index (χ0) is 16.2. The second-order valence-corrected chi connectivity index (χ2v) is 8.06. The van der Waals surface area contributed by atoms with Crippen LogP contribution < -0.4 is 10.6 Å². The molecule has 1 aliphatic rings. The maximum atomic E-state index is 12.4. The minimum atomic E-state index is -0.217. The Morgan fingerprint density at radius 2 is 2.17 bits per heavy atom. The van der Waals surface area contributed by atoms with Gasteiger partial charge in [0.2, 0.25) is 11.0 Å². The fraction of sp³-hybridized carbons (Fsp3) is 0.438. The molecular weight excluding hydrogens is 328 g/mol. The number of hydrogen-bond donors (Lipinski definition) is 2. The first kappa shape index (κ1) is 16.3. The monoisotopic (exact) mass is 348 g/mol. The van der Waals surface area contributed by atoms with Crippen LogP contribution in [0.1, 0.15) is 31.4 Å². The maximum Gasteiger partial charge on any atom is 0.237 e. The summed E-state index contributed by atoms with van der Waals surface area (Å²) in [4.78, 5) is 12.4. The van der Waals surface area contributed by atoms with Crippen molar-refractivity contribution in [3.8, 4) is 0 Å². The highest BCUT2D eigenvalue weighted by molar-refractivity contribution is 8.02. The van der Waals surface area contributed by atoms with Crippen LogP contribution in [-0.4, -0.2) is 27.9 Å². The van der Waals surface area contributed by atoms with Crippen LogP contribution in [0, 0.1) is 0 Å². The van der Waals surface area contributed by atoms with Crippen LogP contribution >= 0.6 is 23.1 Å². The zero-order valence-corrected chi connectivity index (χ0v) is 14.9. The summed E-state index contributed by atoms with van der Waals surface area (Å²) in [6, 6.07) is 6.22. The van der Waals surface area contributed by atoms with E-state index in [2.05, 4.69) is 33.0 Å². The fourth-order valence-corrected chi connectivity index (χ4v) is 4.54. The average Bonchev–Trinajstić information content (AvgIpc) is 3.16. The van der Waals surface area contributed by atoms with E-state index in [0.29, 0.717) is 0 Å². The van der Waals surface area contributed by atoms with E-state index in [1.165, 1.54) is 40.6 Å². The van der Waals surface area contributed by atoms with Crippen molar-refractivity contribution in [2.24, 2.45) is 0 Å². The van der Waals surface area contributed by atoms with Crippen LogP contribution in [0.3, 0.4) is 0 Å². The Labute approximate surface area is 144 Å². The van der Waals surface area contributed by atoms with E-state index in [4.69, 9.17) is 0 Å². The van der Waals surface area contributed by atoms with E-state index in [0.717, 1.165) is 34.5 Å². The number of anilines is 2. The SMILES string of the molecule is CCNc1nnc(S[C@@H](C)C(=O)Nc2ccc3c(c2)CCC3)s1. The van der Waals surface area contributed by atoms with Crippen molar-refractivity contribution in [3.63, 3.8) is 0 Å². The molecule has 2 aromatic rings. The van der Waals surface area contributed by atoms with Crippen LogP contribution in [0.25, 0.3) is 0 Å². The van der Waals surface area contributed by atoms with Gasteiger partial charge in [0.25, 0.3) is 0 Å². The third kappa shape index (κ3) is 4.03. The molecule has 23 heavy (non-hydrogen) atoms. The smallest absolute Gasteiger partial charge is 0.237 e. The molecule has 0 fully saturated rings. The Morgan fingerprint density at radius 3 is 3.00 bits per heavy atom. The number of aryl methyl sites for hydroxylation is 2. The number of hydrogen-bond acceptors (Lipinski definition) is 6. The van der Waals surface area contributed by atoms with Gasteiger partial charge < -0.3 is 10.6 Å². The van der Waals surface area contributed by atoms with Crippen LogP contribution in [0.5, 0.6) is 0 Å². The number of nitrogens with one attached hydrogen (secondary N) is 2. The molecule has 1 aromatic heterocycles. The normalized spacial score (nSPS) is 14.3. The predicted molar refractivity (Wildman–Crippen MR) is 96.5 cm³/mol. The Bertz CT molecular complexity index is 701. The summed E-state index contributed by atoms with van der Waals surface area (Å²) in [7, 11) is 0. The van der Waals surface area contributed by atoms with Gasteiger partial charge in [-0.3, -0.25) is 4.79 Å². The second-order valence-electron chi connectivity index (χ2n) is 5.49. The molecule has 0 bridgehead atoms. The van der Waals surface area contributed by atoms with Gasteiger partial charge in [-0.25, -0.2) is 0 Å². The highest BCUT2D eigenvalue weighted by Gasteiger charge is 2.18. The van der Waals surface area contributed by atoms with Crippen molar-refractivity contribution in [1.29, 1.82) is 0 Å². The molecule has 0 spiro atoms. The third-order valence-corrected chi connectivity index (χ3v) is 5.81. The molecule has 0 radical (unpaired) electrons. The first-order valence-corrected chi connectivity index (χ1v) is 9.52. The molecule has 2 N–H and O–H groups in total. The van der Waals surface area contributed by atoms with Crippen molar-refractivity contribution in [2.45, 2.75) is 42.7 Å². The number of rotatable bonds is 6. The first-order chi connectivity index (χ1) is 11.2. The summed E-state index contributed by atoms with van der Waals surface area (Å²) in [5.74, 6) is -0.00634. The number of carbonyl (C=O) groups is 1. The Hall–Kier alpha value is -1.60. The maximum absolute atomic E-state index is 12.4. The topological polar surface area (TPSA) is 66.9 Å².